The van der Waals surface area contributed by atoms with Crippen molar-refractivity contribution in [2.75, 3.05) is 0 Å². The van der Waals surface area contributed by atoms with Crippen LogP contribution in [-0.2, 0) is 0 Å². The van der Waals surface area contributed by atoms with Crippen molar-refractivity contribution in [1.82, 2.24) is 14.6 Å². The summed E-state index contributed by atoms with van der Waals surface area (Å²) in [6, 6.07) is 21.9. The molecule has 4 nitrogen and oxygen atoms in total. The van der Waals surface area contributed by atoms with Crippen LogP contribution in [0.25, 0.3) is 28.2 Å². The average Bonchev–Trinajstić information content (AvgIpc) is 2.99. The Balaban J connectivity index is 2.07. The van der Waals surface area contributed by atoms with E-state index < -0.39 is 0 Å². The molecule has 0 aliphatic carbocycles. The summed E-state index contributed by atoms with van der Waals surface area (Å²) in [6.07, 6.45) is 1.60. The predicted octanol–water partition coefficient (Wildman–Crippen LogP) is 4.70. The Bertz CT molecular complexity index is 1060. The lowest BCUT2D eigenvalue weighted by Gasteiger charge is -2.06. The van der Waals surface area contributed by atoms with Gasteiger partial charge in [0.05, 0.1) is 15.7 Å². The first-order valence-corrected chi connectivity index (χ1v) is 8.17. The van der Waals surface area contributed by atoms with E-state index in [4.69, 9.17) is 5.10 Å². The van der Waals surface area contributed by atoms with Gasteiger partial charge in [0.1, 0.15) is 11.8 Å². The van der Waals surface area contributed by atoms with E-state index in [-0.39, 0.29) is 0 Å². The largest absolute Gasteiger partial charge is 0.235 e. The first-order valence-electron chi connectivity index (χ1n) is 7.38. The number of hydrogen-bond donors (Lipinski definition) is 0. The standard InChI is InChI=1S/C19H11BrN4/c20-16-17(13-7-3-1-4-8-13)23-24-18(14-9-5-2-6-10-14)15(11-21)12-22-19(16)24/h1-10,12H. The molecule has 4 rings (SSSR count). The lowest BCUT2D eigenvalue weighted by molar-refractivity contribution is 0.947. The SMILES string of the molecule is N#Cc1cnc2c(Br)c(-c3ccccc3)nn2c1-c1ccccc1. The summed E-state index contributed by atoms with van der Waals surface area (Å²) in [6.45, 7) is 0. The Labute approximate surface area is 147 Å². The molecule has 0 N–H and O–H groups in total. The van der Waals surface area contributed by atoms with Crippen LogP contribution in [0.3, 0.4) is 0 Å². The molecule has 0 saturated heterocycles. The maximum atomic E-state index is 9.49. The third-order valence-electron chi connectivity index (χ3n) is 3.80. The predicted molar refractivity (Wildman–Crippen MR) is 96.3 cm³/mol. The van der Waals surface area contributed by atoms with Crippen LogP contribution in [0.1, 0.15) is 5.56 Å². The van der Waals surface area contributed by atoms with E-state index in [9.17, 15) is 5.26 Å². The van der Waals surface area contributed by atoms with Gasteiger partial charge in [-0.1, -0.05) is 60.7 Å². The molecule has 24 heavy (non-hydrogen) atoms. The van der Waals surface area contributed by atoms with Crippen LogP contribution < -0.4 is 0 Å². The monoisotopic (exact) mass is 374 g/mol. The molecule has 0 aliphatic heterocycles. The number of nitriles is 1. The van der Waals surface area contributed by atoms with E-state index in [0.717, 1.165) is 27.0 Å². The first kappa shape index (κ1) is 14.6. The van der Waals surface area contributed by atoms with Gasteiger partial charge in [0.15, 0.2) is 5.65 Å². The normalized spacial score (nSPS) is 10.7. The highest BCUT2D eigenvalue weighted by Crippen LogP contribution is 2.33. The van der Waals surface area contributed by atoms with Crippen LogP contribution >= 0.6 is 15.9 Å². The summed E-state index contributed by atoms with van der Waals surface area (Å²) in [5, 5.41) is 14.2. The highest BCUT2D eigenvalue weighted by Gasteiger charge is 2.18. The van der Waals surface area contributed by atoms with Crippen LogP contribution in [0.5, 0.6) is 0 Å². The zero-order valence-corrected chi connectivity index (χ0v) is 14.1. The van der Waals surface area contributed by atoms with Gasteiger partial charge in [-0.25, -0.2) is 9.50 Å². The van der Waals surface area contributed by atoms with E-state index in [1.165, 1.54) is 0 Å². The molecule has 2 heterocycles. The molecule has 4 aromatic rings. The van der Waals surface area contributed by atoms with Crippen molar-refractivity contribution < 1.29 is 0 Å². The minimum atomic E-state index is 0.489. The number of fused-ring (bicyclic) bond motifs is 1. The van der Waals surface area contributed by atoms with E-state index in [1.54, 1.807) is 10.7 Å². The minimum absolute atomic E-state index is 0.489. The molecule has 5 heteroatoms. The van der Waals surface area contributed by atoms with Gasteiger partial charge >= 0.3 is 0 Å². The number of rotatable bonds is 2. The van der Waals surface area contributed by atoms with Gasteiger partial charge in [0.2, 0.25) is 0 Å². The van der Waals surface area contributed by atoms with Crippen molar-refractivity contribution in [1.29, 1.82) is 5.26 Å². The average molecular weight is 375 g/mol. The molecule has 2 aromatic heterocycles. The third kappa shape index (κ3) is 2.29. The van der Waals surface area contributed by atoms with Gasteiger partial charge in [0, 0.05) is 17.3 Å². The molecule has 0 unspecified atom stereocenters. The number of benzene rings is 2. The van der Waals surface area contributed by atoms with Crippen molar-refractivity contribution in [3.8, 4) is 28.6 Å². The lowest BCUT2D eigenvalue weighted by Crippen LogP contribution is -1.99. The fourth-order valence-electron chi connectivity index (χ4n) is 2.69. The molecule has 0 fully saturated rings. The quantitative estimate of drug-likeness (QED) is 0.511. The highest BCUT2D eigenvalue weighted by molar-refractivity contribution is 9.10. The fourth-order valence-corrected chi connectivity index (χ4v) is 3.27. The second-order valence-electron chi connectivity index (χ2n) is 5.26. The van der Waals surface area contributed by atoms with Crippen molar-refractivity contribution >= 4 is 21.6 Å². The van der Waals surface area contributed by atoms with E-state index in [2.05, 4.69) is 27.0 Å². The molecule has 114 valence electrons. The maximum Gasteiger partial charge on any atom is 0.170 e. The molecular formula is C19H11BrN4. The second kappa shape index (κ2) is 5.91. The molecule has 0 saturated carbocycles. The topological polar surface area (TPSA) is 54.0 Å². The Morgan fingerprint density at radius 1 is 0.917 bits per heavy atom. The van der Waals surface area contributed by atoms with Gasteiger partial charge in [-0.05, 0) is 15.9 Å². The molecular weight excluding hydrogens is 364 g/mol. The summed E-state index contributed by atoms with van der Waals surface area (Å²) in [5.74, 6) is 0. The summed E-state index contributed by atoms with van der Waals surface area (Å²) in [7, 11) is 0. The molecule has 0 amide bonds. The summed E-state index contributed by atoms with van der Waals surface area (Å²) >= 11 is 3.61. The van der Waals surface area contributed by atoms with Crippen LogP contribution in [0.2, 0.25) is 0 Å². The lowest BCUT2D eigenvalue weighted by atomic mass is 10.1. The van der Waals surface area contributed by atoms with Gasteiger partial charge in [0.25, 0.3) is 0 Å². The van der Waals surface area contributed by atoms with E-state index >= 15 is 0 Å². The second-order valence-corrected chi connectivity index (χ2v) is 6.06. The highest BCUT2D eigenvalue weighted by atomic mass is 79.9. The molecule has 0 radical (unpaired) electrons. The van der Waals surface area contributed by atoms with Crippen molar-refractivity contribution in [2.24, 2.45) is 0 Å². The first-order chi connectivity index (χ1) is 11.8. The van der Waals surface area contributed by atoms with Crippen LogP contribution in [0.15, 0.2) is 71.3 Å². The Hall–Kier alpha value is -2.97. The molecule has 0 aliphatic rings. The van der Waals surface area contributed by atoms with Crippen LogP contribution in [-0.4, -0.2) is 14.6 Å². The van der Waals surface area contributed by atoms with Crippen molar-refractivity contribution in [3.63, 3.8) is 0 Å². The third-order valence-corrected chi connectivity index (χ3v) is 4.53. The van der Waals surface area contributed by atoms with Crippen LogP contribution in [0.4, 0.5) is 0 Å². The Morgan fingerprint density at radius 2 is 1.54 bits per heavy atom. The summed E-state index contributed by atoms with van der Waals surface area (Å²) in [4.78, 5) is 4.41. The zero-order chi connectivity index (χ0) is 16.5. The smallest absolute Gasteiger partial charge is 0.170 e. The Kier molecular flexibility index (Phi) is 3.60. The van der Waals surface area contributed by atoms with Gasteiger partial charge in [-0.2, -0.15) is 10.4 Å². The number of halogens is 1. The number of nitrogens with zero attached hydrogens (tertiary/aromatic N) is 4. The maximum absolute atomic E-state index is 9.49. The Morgan fingerprint density at radius 3 is 2.17 bits per heavy atom. The van der Waals surface area contributed by atoms with Gasteiger partial charge < -0.3 is 0 Å². The fraction of sp³-hybridized carbons (Fsp3) is 0. The minimum Gasteiger partial charge on any atom is -0.235 e. The molecule has 0 bridgehead atoms. The van der Waals surface area contributed by atoms with Gasteiger partial charge in [-0.3, -0.25) is 0 Å². The number of hydrogen-bond acceptors (Lipinski definition) is 3. The van der Waals surface area contributed by atoms with E-state index in [1.807, 2.05) is 60.7 Å². The molecule has 0 atom stereocenters. The van der Waals surface area contributed by atoms with Crippen molar-refractivity contribution in [2.45, 2.75) is 0 Å². The van der Waals surface area contributed by atoms with Gasteiger partial charge in [-0.15, -0.1) is 0 Å². The molecule has 2 aromatic carbocycles. The van der Waals surface area contributed by atoms with E-state index in [0.29, 0.717) is 11.2 Å². The zero-order valence-electron chi connectivity index (χ0n) is 12.5. The van der Waals surface area contributed by atoms with Crippen molar-refractivity contribution in [3.05, 3.63) is 76.9 Å². The molecule has 0 spiro atoms. The summed E-state index contributed by atoms with van der Waals surface area (Å²) in [5.41, 5.74) is 4.64. The summed E-state index contributed by atoms with van der Waals surface area (Å²) < 4.78 is 2.55. The number of aromatic nitrogens is 3. The van der Waals surface area contributed by atoms with Crippen LogP contribution in [0, 0.1) is 11.3 Å².